The largest absolute Gasteiger partial charge is 0.385 e. The fraction of sp³-hybridized carbons (Fsp3) is 0.167. The Morgan fingerprint density at radius 2 is 1.90 bits per heavy atom. The van der Waals surface area contributed by atoms with Gasteiger partial charge in [0, 0.05) is 23.2 Å². The minimum Gasteiger partial charge on any atom is -0.385 e. The van der Waals surface area contributed by atoms with Crippen molar-refractivity contribution >= 4 is 28.2 Å². The van der Waals surface area contributed by atoms with Gasteiger partial charge in [0.1, 0.15) is 5.15 Å². The molecule has 0 aliphatic carbocycles. The summed E-state index contributed by atoms with van der Waals surface area (Å²) in [5.41, 5.74) is 5.63. The highest BCUT2D eigenvalue weighted by Crippen LogP contribution is 2.33. The van der Waals surface area contributed by atoms with E-state index < -0.39 is 0 Å². The molecule has 0 unspecified atom stereocenters. The number of anilines is 1. The van der Waals surface area contributed by atoms with Crippen LogP contribution in [0.15, 0.2) is 48.5 Å². The number of nitrogens with one attached hydrogen (secondary N) is 1. The van der Waals surface area contributed by atoms with E-state index in [1.807, 2.05) is 18.2 Å². The lowest BCUT2D eigenvalue weighted by Gasteiger charge is -2.18. The molecule has 1 N–H and O–H groups in total. The van der Waals surface area contributed by atoms with E-state index in [9.17, 15) is 0 Å². The monoisotopic (exact) mass is 294 g/mol. The molecule has 3 aromatic rings. The summed E-state index contributed by atoms with van der Waals surface area (Å²) in [4.78, 5) is 4.60. The van der Waals surface area contributed by atoms with Crippen LogP contribution in [0, 0.1) is 0 Å². The van der Waals surface area contributed by atoms with E-state index in [4.69, 9.17) is 11.6 Å². The Balaban J connectivity index is 1.92. The maximum Gasteiger partial charge on any atom is 0.137 e. The van der Waals surface area contributed by atoms with E-state index in [-0.39, 0.29) is 0 Å². The zero-order valence-corrected chi connectivity index (χ0v) is 12.3. The summed E-state index contributed by atoms with van der Waals surface area (Å²) in [6.45, 7) is 1.05. The van der Waals surface area contributed by atoms with Crippen molar-refractivity contribution in [2.45, 2.75) is 12.8 Å². The molecular weight excluding hydrogens is 280 g/mol. The van der Waals surface area contributed by atoms with Crippen LogP contribution in [0.5, 0.6) is 0 Å². The number of pyridine rings is 1. The molecule has 3 heteroatoms. The molecule has 21 heavy (non-hydrogen) atoms. The molecule has 0 amide bonds. The lowest BCUT2D eigenvalue weighted by Crippen LogP contribution is -2.11. The molecular formula is C18H15ClN2. The van der Waals surface area contributed by atoms with Gasteiger partial charge in [-0.2, -0.15) is 0 Å². The average Bonchev–Trinajstić information content (AvgIpc) is 2.53. The third kappa shape index (κ3) is 2.26. The molecule has 0 radical (unpaired) electrons. The van der Waals surface area contributed by atoms with Crippen LogP contribution < -0.4 is 5.32 Å². The molecule has 4 rings (SSSR count). The number of aryl methyl sites for hydroxylation is 1. The van der Waals surface area contributed by atoms with E-state index in [2.05, 4.69) is 40.6 Å². The maximum absolute atomic E-state index is 6.39. The van der Waals surface area contributed by atoms with Crippen LogP contribution in [0.25, 0.3) is 22.0 Å². The zero-order chi connectivity index (χ0) is 14.2. The topological polar surface area (TPSA) is 24.9 Å². The summed E-state index contributed by atoms with van der Waals surface area (Å²) in [5, 5.41) is 5.17. The van der Waals surface area contributed by atoms with Gasteiger partial charge in [0.05, 0.1) is 5.52 Å². The minimum atomic E-state index is 0.567. The molecule has 1 aromatic heterocycles. The second kappa shape index (κ2) is 5.05. The summed E-state index contributed by atoms with van der Waals surface area (Å²) in [6.07, 6.45) is 2.28. The molecule has 0 saturated heterocycles. The number of aromatic nitrogens is 1. The van der Waals surface area contributed by atoms with Crippen molar-refractivity contribution in [2.75, 3.05) is 11.9 Å². The summed E-state index contributed by atoms with van der Waals surface area (Å²) < 4.78 is 0. The highest BCUT2D eigenvalue weighted by molar-refractivity contribution is 6.32. The molecule has 0 bridgehead atoms. The van der Waals surface area contributed by atoms with Crippen LogP contribution in [-0.2, 0) is 6.42 Å². The quantitative estimate of drug-likeness (QED) is 0.645. The Kier molecular flexibility index (Phi) is 3.04. The molecule has 1 aliphatic rings. The van der Waals surface area contributed by atoms with Crippen molar-refractivity contribution in [1.82, 2.24) is 4.98 Å². The molecule has 2 nitrogen and oxygen atoms in total. The van der Waals surface area contributed by atoms with Gasteiger partial charge in [-0.15, -0.1) is 0 Å². The standard InChI is InChI=1S/C18H15ClN2/c19-18-15(12-5-2-1-3-6-12)9-14-11-16-13(7-4-8-20-16)10-17(14)21-18/h1-3,5-6,9-11,20H,4,7-8H2. The Hall–Kier alpha value is -2.06. The Labute approximate surface area is 128 Å². The van der Waals surface area contributed by atoms with Crippen molar-refractivity contribution in [3.63, 3.8) is 0 Å². The predicted molar refractivity (Wildman–Crippen MR) is 89.0 cm³/mol. The van der Waals surface area contributed by atoms with E-state index >= 15 is 0 Å². The summed E-state index contributed by atoms with van der Waals surface area (Å²) in [6, 6.07) is 16.7. The maximum atomic E-state index is 6.39. The highest BCUT2D eigenvalue weighted by atomic mass is 35.5. The summed E-state index contributed by atoms with van der Waals surface area (Å²) in [7, 11) is 0. The van der Waals surface area contributed by atoms with Gasteiger partial charge in [-0.3, -0.25) is 0 Å². The van der Waals surface area contributed by atoms with Gasteiger partial charge in [0.15, 0.2) is 0 Å². The van der Waals surface area contributed by atoms with Crippen LogP contribution in [0.2, 0.25) is 5.15 Å². The van der Waals surface area contributed by atoms with Gasteiger partial charge in [-0.25, -0.2) is 4.98 Å². The van der Waals surface area contributed by atoms with E-state index in [0.717, 1.165) is 35.0 Å². The predicted octanol–water partition coefficient (Wildman–Crippen LogP) is 4.91. The van der Waals surface area contributed by atoms with Crippen LogP contribution >= 0.6 is 11.6 Å². The van der Waals surface area contributed by atoms with Crippen molar-refractivity contribution in [3.05, 3.63) is 59.2 Å². The van der Waals surface area contributed by atoms with Crippen molar-refractivity contribution < 1.29 is 0 Å². The number of hydrogen-bond donors (Lipinski definition) is 1. The first-order valence-corrected chi connectivity index (χ1v) is 7.61. The number of nitrogens with zero attached hydrogens (tertiary/aromatic N) is 1. The smallest absolute Gasteiger partial charge is 0.137 e. The summed E-state index contributed by atoms with van der Waals surface area (Å²) in [5.74, 6) is 0. The highest BCUT2D eigenvalue weighted by Gasteiger charge is 2.12. The molecule has 0 fully saturated rings. The SMILES string of the molecule is Clc1nc2cc3c(cc2cc1-c1ccccc1)NCCC3. The first-order chi connectivity index (χ1) is 10.3. The van der Waals surface area contributed by atoms with E-state index in [1.54, 1.807) is 0 Å². The number of fused-ring (bicyclic) bond motifs is 2. The van der Waals surface area contributed by atoms with Gasteiger partial charge in [0.25, 0.3) is 0 Å². The fourth-order valence-corrected chi connectivity index (χ4v) is 3.19. The third-order valence-electron chi connectivity index (χ3n) is 4.02. The minimum absolute atomic E-state index is 0.567. The van der Waals surface area contributed by atoms with Crippen LogP contribution in [0.1, 0.15) is 12.0 Å². The van der Waals surface area contributed by atoms with Crippen molar-refractivity contribution in [2.24, 2.45) is 0 Å². The fourth-order valence-electron chi connectivity index (χ4n) is 2.94. The number of hydrogen-bond acceptors (Lipinski definition) is 2. The van der Waals surface area contributed by atoms with Crippen molar-refractivity contribution in [3.8, 4) is 11.1 Å². The molecule has 2 aromatic carbocycles. The Morgan fingerprint density at radius 1 is 1.05 bits per heavy atom. The molecule has 2 heterocycles. The molecule has 104 valence electrons. The van der Waals surface area contributed by atoms with E-state index in [1.165, 1.54) is 17.7 Å². The third-order valence-corrected chi connectivity index (χ3v) is 4.30. The van der Waals surface area contributed by atoms with Crippen LogP contribution in [-0.4, -0.2) is 11.5 Å². The lowest BCUT2D eigenvalue weighted by molar-refractivity contribution is 0.831. The van der Waals surface area contributed by atoms with Gasteiger partial charge in [-0.05, 0) is 42.2 Å². The van der Waals surface area contributed by atoms with Gasteiger partial charge >= 0.3 is 0 Å². The Bertz CT molecular complexity index is 812. The first-order valence-electron chi connectivity index (χ1n) is 7.24. The normalized spacial score (nSPS) is 13.8. The van der Waals surface area contributed by atoms with Crippen LogP contribution in [0.3, 0.4) is 0 Å². The zero-order valence-electron chi connectivity index (χ0n) is 11.6. The molecule has 0 atom stereocenters. The Morgan fingerprint density at radius 3 is 2.76 bits per heavy atom. The second-order valence-corrected chi connectivity index (χ2v) is 5.78. The van der Waals surface area contributed by atoms with Crippen LogP contribution in [0.4, 0.5) is 5.69 Å². The average molecular weight is 295 g/mol. The second-order valence-electron chi connectivity index (χ2n) is 5.43. The number of halogens is 1. The molecule has 0 saturated carbocycles. The molecule has 0 spiro atoms. The van der Waals surface area contributed by atoms with E-state index in [0.29, 0.717) is 5.15 Å². The number of benzene rings is 2. The summed E-state index contributed by atoms with van der Waals surface area (Å²) >= 11 is 6.39. The van der Waals surface area contributed by atoms with Gasteiger partial charge < -0.3 is 5.32 Å². The van der Waals surface area contributed by atoms with Gasteiger partial charge in [0.2, 0.25) is 0 Å². The number of rotatable bonds is 1. The lowest BCUT2D eigenvalue weighted by atomic mass is 9.99. The van der Waals surface area contributed by atoms with Crippen molar-refractivity contribution in [1.29, 1.82) is 0 Å². The van der Waals surface area contributed by atoms with Gasteiger partial charge in [-0.1, -0.05) is 41.9 Å². The molecule has 1 aliphatic heterocycles. The first kappa shape index (κ1) is 12.7.